The van der Waals surface area contributed by atoms with Gasteiger partial charge in [0.2, 0.25) is 0 Å². The lowest BCUT2D eigenvalue weighted by Crippen LogP contribution is -2.51. The summed E-state index contributed by atoms with van der Waals surface area (Å²) in [4.78, 5) is 23.4. The molecule has 2 fully saturated rings. The first-order chi connectivity index (χ1) is 13.6. The van der Waals surface area contributed by atoms with Gasteiger partial charge >= 0.3 is 6.03 Å². The predicted molar refractivity (Wildman–Crippen MR) is 107 cm³/mol. The van der Waals surface area contributed by atoms with E-state index in [1.54, 1.807) is 12.4 Å². The molecule has 0 radical (unpaired) electrons. The molecule has 144 valence electrons. The Balaban J connectivity index is 1.39. The minimum Gasteiger partial charge on any atom is -0.441 e. The molecule has 7 nitrogen and oxygen atoms in total. The Morgan fingerprint density at radius 3 is 2.64 bits per heavy atom. The molecule has 0 saturated carbocycles. The van der Waals surface area contributed by atoms with Crippen LogP contribution in [0.3, 0.4) is 0 Å². The molecule has 2 aromatic heterocycles. The third kappa shape index (κ3) is 3.01. The molecule has 3 N–H and O–H groups in total. The highest BCUT2D eigenvalue weighted by Gasteiger charge is 2.42. The van der Waals surface area contributed by atoms with E-state index in [-0.39, 0.29) is 24.2 Å². The number of aryl methyl sites for hydroxylation is 1. The molecule has 2 aliphatic rings. The summed E-state index contributed by atoms with van der Waals surface area (Å²) < 4.78 is 5.62. The first-order valence-electron chi connectivity index (χ1n) is 9.74. The highest BCUT2D eigenvalue weighted by Crippen LogP contribution is 2.35. The lowest BCUT2D eigenvalue weighted by Gasteiger charge is -2.37. The van der Waals surface area contributed by atoms with Gasteiger partial charge in [-0.05, 0) is 43.2 Å². The highest BCUT2D eigenvalue weighted by molar-refractivity contribution is 5.93. The van der Waals surface area contributed by atoms with Crippen molar-refractivity contribution < 1.29 is 9.21 Å². The normalized spacial score (nSPS) is 23.9. The van der Waals surface area contributed by atoms with E-state index in [1.165, 1.54) is 0 Å². The van der Waals surface area contributed by atoms with Gasteiger partial charge in [-0.15, -0.1) is 0 Å². The second kappa shape index (κ2) is 6.60. The third-order valence-corrected chi connectivity index (χ3v) is 5.87. The Kier molecular flexibility index (Phi) is 4.05. The van der Waals surface area contributed by atoms with E-state index in [9.17, 15) is 4.79 Å². The van der Waals surface area contributed by atoms with Crippen molar-refractivity contribution in [1.82, 2.24) is 14.9 Å². The number of hydrogen-bond donors (Lipinski definition) is 2. The fraction of sp³-hybridized carbons (Fsp3) is 0.381. The number of nitrogens with zero attached hydrogens (tertiary/aromatic N) is 3. The number of pyridine rings is 1. The van der Waals surface area contributed by atoms with Gasteiger partial charge in [0.25, 0.3) is 0 Å². The van der Waals surface area contributed by atoms with Crippen molar-refractivity contribution in [2.45, 2.75) is 50.7 Å². The first kappa shape index (κ1) is 17.2. The van der Waals surface area contributed by atoms with Crippen LogP contribution in [0.1, 0.15) is 31.6 Å². The van der Waals surface area contributed by atoms with Crippen molar-refractivity contribution in [3.8, 4) is 11.3 Å². The molecule has 1 aromatic carbocycles. The zero-order valence-electron chi connectivity index (χ0n) is 15.8. The fourth-order valence-electron chi connectivity index (χ4n) is 4.58. The Morgan fingerprint density at radius 2 is 1.93 bits per heavy atom. The second-order valence-electron chi connectivity index (χ2n) is 7.83. The number of oxazole rings is 1. The molecule has 2 aliphatic heterocycles. The number of aromatic nitrogens is 2. The number of fused-ring (bicyclic) bond motifs is 3. The summed E-state index contributed by atoms with van der Waals surface area (Å²) in [6, 6.07) is 8.52. The smallest absolute Gasteiger partial charge is 0.323 e. The number of piperidine rings is 1. The van der Waals surface area contributed by atoms with E-state index in [0.29, 0.717) is 11.7 Å². The van der Waals surface area contributed by atoms with Crippen LogP contribution in [-0.4, -0.2) is 39.0 Å². The Morgan fingerprint density at radius 1 is 1.14 bits per heavy atom. The second-order valence-corrected chi connectivity index (χ2v) is 7.83. The minimum absolute atomic E-state index is 0.0757. The number of carbonyl (C=O) groups is 1. The van der Waals surface area contributed by atoms with Crippen molar-refractivity contribution in [3.05, 3.63) is 42.5 Å². The number of nitrogens with two attached hydrogens (primary N) is 1. The summed E-state index contributed by atoms with van der Waals surface area (Å²) >= 11 is 0. The topological polar surface area (TPSA) is 97.3 Å². The average molecular weight is 377 g/mol. The van der Waals surface area contributed by atoms with E-state index >= 15 is 0 Å². The summed E-state index contributed by atoms with van der Waals surface area (Å²) in [5.41, 5.74) is 7.06. The molecule has 28 heavy (non-hydrogen) atoms. The summed E-state index contributed by atoms with van der Waals surface area (Å²) in [5.74, 6) is 1.91. The van der Waals surface area contributed by atoms with Gasteiger partial charge in [-0.2, -0.15) is 0 Å². The van der Waals surface area contributed by atoms with Crippen molar-refractivity contribution >= 4 is 22.6 Å². The number of nitrogens with one attached hydrogen (secondary N) is 1. The maximum atomic E-state index is 12.9. The molecule has 3 aromatic rings. The molecule has 0 unspecified atom stereocenters. The number of amides is 2. The van der Waals surface area contributed by atoms with Gasteiger partial charge in [0.15, 0.2) is 11.7 Å². The van der Waals surface area contributed by atoms with Gasteiger partial charge in [-0.1, -0.05) is 12.1 Å². The van der Waals surface area contributed by atoms with Gasteiger partial charge in [0.1, 0.15) is 5.82 Å². The molecule has 3 atom stereocenters. The molecule has 4 heterocycles. The molecule has 7 heteroatoms. The van der Waals surface area contributed by atoms with E-state index in [1.807, 2.05) is 36.1 Å². The number of benzene rings is 1. The van der Waals surface area contributed by atoms with Crippen LogP contribution in [0.15, 0.2) is 41.1 Å². The van der Waals surface area contributed by atoms with Crippen molar-refractivity contribution in [2.24, 2.45) is 5.73 Å². The number of rotatable bonds is 2. The van der Waals surface area contributed by atoms with Crippen LogP contribution in [0.25, 0.3) is 22.1 Å². The van der Waals surface area contributed by atoms with Gasteiger partial charge in [-0.3, -0.25) is 5.32 Å². The Hall–Kier alpha value is -2.93. The van der Waals surface area contributed by atoms with Crippen LogP contribution < -0.4 is 11.1 Å². The Labute approximate surface area is 162 Å². The van der Waals surface area contributed by atoms with Gasteiger partial charge in [0, 0.05) is 42.2 Å². The van der Waals surface area contributed by atoms with Gasteiger partial charge < -0.3 is 15.1 Å². The molecule has 2 amide bonds. The van der Waals surface area contributed by atoms with Crippen LogP contribution in [0.2, 0.25) is 0 Å². The Bertz CT molecular complexity index is 1030. The average Bonchev–Trinajstić information content (AvgIpc) is 3.22. The standard InChI is InChI=1S/C21H23N5O2/c1-12-23-11-19(28-12)13-2-3-14-10-24-20(7-15(14)6-13)25-21(27)26-17-4-5-18(26)9-16(22)8-17/h2-3,6-7,10-11,16-18H,4-5,8-9,22H2,1H3,(H,24,25,27)/t16-,17-,18+. The summed E-state index contributed by atoms with van der Waals surface area (Å²) in [5, 5.41) is 4.97. The van der Waals surface area contributed by atoms with Crippen LogP contribution in [0, 0.1) is 6.92 Å². The van der Waals surface area contributed by atoms with Crippen molar-refractivity contribution in [2.75, 3.05) is 5.32 Å². The molecule has 0 spiro atoms. The highest BCUT2D eigenvalue weighted by atomic mass is 16.4. The molecule has 2 saturated heterocycles. The quantitative estimate of drug-likeness (QED) is 0.710. The third-order valence-electron chi connectivity index (χ3n) is 5.87. The molecule has 0 aliphatic carbocycles. The van der Waals surface area contributed by atoms with Crippen LogP contribution in [0.5, 0.6) is 0 Å². The lowest BCUT2D eigenvalue weighted by molar-refractivity contribution is 0.150. The van der Waals surface area contributed by atoms with E-state index in [0.717, 1.165) is 47.8 Å². The monoisotopic (exact) mass is 377 g/mol. The van der Waals surface area contributed by atoms with Crippen LogP contribution >= 0.6 is 0 Å². The van der Waals surface area contributed by atoms with E-state index in [4.69, 9.17) is 10.2 Å². The van der Waals surface area contributed by atoms with Crippen molar-refractivity contribution in [1.29, 1.82) is 0 Å². The number of urea groups is 1. The van der Waals surface area contributed by atoms with Crippen molar-refractivity contribution in [3.63, 3.8) is 0 Å². The van der Waals surface area contributed by atoms with Gasteiger partial charge in [-0.25, -0.2) is 14.8 Å². The maximum Gasteiger partial charge on any atom is 0.323 e. The zero-order chi connectivity index (χ0) is 19.3. The first-order valence-corrected chi connectivity index (χ1v) is 9.74. The molecule has 2 bridgehead atoms. The summed E-state index contributed by atoms with van der Waals surface area (Å²) in [7, 11) is 0. The maximum absolute atomic E-state index is 12.9. The number of anilines is 1. The number of hydrogen-bond acceptors (Lipinski definition) is 5. The molecule has 5 rings (SSSR count). The zero-order valence-corrected chi connectivity index (χ0v) is 15.8. The largest absolute Gasteiger partial charge is 0.441 e. The predicted octanol–water partition coefficient (Wildman–Crippen LogP) is 3.68. The van der Waals surface area contributed by atoms with E-state index in [2.05, 4.69) is 15.3 Å². The lowest BCUT2D eigenvalue weighted by atomic mass is 9.99. The van der Waals surface area contributed by atoms with Crippen LogP contribution in [0.4, 0.5) is 10.6 Å². The van der Waals surface area contributed by atoms with Gasteiger partial charge in [0.05, 0.1) is 6.20 Å². The van der Waals surface area contributed by atoms with E-state index < -0.39 is 0 Å². The summed E-state index contributed by atoms with van der Waals surface area (Å²) in [6.07, 6.45) is 7.34. The minimum atomic E-state index is -0.0757. The SMILES string of the molecule is Cc1ncc(-c2ccc3cnc(NC(=O)N4[C@@H]5CC[C@H]4C[C@H](N)C5)cc3c2)o1. The molecular formula is C21H23N5O2. The number of carbonyl (C=O) groups excluding carboxylic acids is 1. The molecular weight excluding hydrogens is 354 g/mol. The summed E-state index contributed by atoms with van der Waals surface area (Å²) in [6.45, 7) is 1.82. The fourth-order valence-corrected chi connectivity index (χ4v) is 4.58. The van der Waals surface area contributed by atoms with Crippen LogP contribution in [-0.2, 0) is 0 Å².